The third-order valence-corrected chi connectivity index (χ3v) is 3.26. The van der Waals surface area contributed by atoms with Crippen LogP contribution in [0.2, 0.25) is 0 Å². The van der Waals surface area contributed by atoms with Gasteiger partial charge >= 0.3 is 0 Å². The van der Waals surface area contributed by atoms with Crippen LogP contribution >= 0.6 is 0 Å². The molecule has 0 aliphatic carbocycles. The zero-order valence-electron chi connectivity index (χ0n) is 9.97. The fourth-order valence-corrected chi connectivity index (χ4v) is 2.29. The maximum atomic E-state index is 10.8. The smallest absolute Gasteiger partial charge is 0.153 e. The molecule has 0 fully saturated rings. The Bertz CT molecular complexity index is 773. The van der Waals surface area contributed by atoms with Crippen molar-refractivity contribution in [1.82, 2.24) is 0 Å². The van der Waals surface area contributed by atoms with Gasteiger partial charge in [-0.15, -0.1) is 0 Å². The second-order valence-corrected chi connectivity index (χ2v) is 4.55. The molecule has 0 atom stereocenters. The van der Waals surface area contributed by atoms with Crippen LogP contribution in [0.3, 0.4) is 0 Å². The van der Waals surface area contributed by atoms with Crippen LogP contribution in [0.25, 0.3) is 21.5 Å². The van der Waals surface area contributed by atoms with E-state index in [0.29, 0.717) is 11.8 Å². The van der Waals surface area contributed by atoms with Crippen molar-refractivity contribution in [2.24, 2.45) is 0 Å². The average Bonchev–Trinajstić information content (AvgIpc) is 2.38. The van der Waals surface area contributed by atoms with E-state index in [2.05, 4.69) is 18.2 Å². The molecular weight excluding hydrogens is 224 g/mol. The predicted molar refractivity (Wildman–Crippen MR) is 73.2 cm³/mol. The first-order valence-corrected chi connectivity index (χ1v) is 5.80. The van der Waals surface area contributed by atoms with Crippen LogP contribution in [-0.4, -0.2) is 11.4 Å². The summed E-state index contributed by atoms with van der Waals surface area (Å²) in [7, 11) is 0. The summed E-state index contributed by atoms with van der Waals surface area (Å²) < 4.78 is 0. The molecule has 2 heteroatoms. The number of aldehydes is 1. The third kappa shape index (κ3) is 1.54. The maximum absolute atomic E-state index is 10.8. The highest BCUT2D eigenvalue weighted by atomic mass is 16.3. The largest absolute Gasteiger partial charge is 0.507 e. The molecule has 0 heterocycles. The Hall–Kier alpha value is -2.35. The van der Waals surface area contributed by atoms with E-state index in [1.54, 1.807) is 6.07 Å². The zero-order valence-corrected chi connectivity index (χ0v) is 9.97. The minimum absolute atomic E-state index is 0.0610. The fourth-order valence-electron chi connectivity index (χ4n) is 2.29. The number of aryl methyl sites for hydroxylation is 1. The molecule has 18 heavy (non-hydrogen) atoms. The fraction of sp³-hybridized carbons (Fsp3) is 0.0625. The minimum Gasteiger partial charge on any atom is -0.507 e. The molecule has 0 unspecified atom stereocenters. The lowest BCUT2D eigenvalue weighted by molar-refractivity contribution is 0.112. The molecular formula is C16H12O2. The lowest BCUT2D eigenvalue weighted by Gasteiger charge is -2.06. The second-order valence-electron chi connectivity index (χ2n) is 4.55. The molecule has 0 saturated heterocycles. The van der Waals surface area contributed by atoms with E-state index >= 15 is 0 Å². The van der Waals surface area contributed by atoms with E-state index in [1.165, 1.54) is 5.56 Å². The van der Waals surface area contributed by atoms with E-state index in [1.807, 2.05) is 25.1 Å². The van der Waals surface area contributed by atoms with Gasteiger partial charge in [-0.2, -0.15) is 0 Å². The van der Waals surface area contributed by atoms with Gasteiger partial charge in [0.05, 0.1) is 5.56 Å². The molecule has 88 valence electrons. The number of aromatic hydroxyl groups is 1. The Labute approximate surface area is 104 Å². The Morgan fingerprint density at radius 1 is 0.944 bits per heavy atom. The number of hydrogen-bond acceptors (Lipinski definition) is 2. The van der Waals surface area contributed by atoms with Crippen molar-refractivity contribution >= 4 is 27.8 Å². The zero-order chi connectivity index (χ0) is 12.7. The van der Waals surface area contributed by atoms with Crippen molar-refractivity contribution in [3.05, 3.63) is 53.6 Å². The Kier molecular flexibility index (Phi) is 2.30. The minimum atomic E-state index is 0.0610. The number of carbonyl (C=O) groups is 1. The summed E-state index contributed by atoms with van der Waals surface area (Å²) in [6.07, 6.45) is 0.676. The van der Waals surface area contributed by atoms with Crippen molar-refractivity contribution in [3.8, 4) is 5.75 Å². The summed E-state index contributed by atoms with van der Waals surface area (Å²) in [6.45, 7) is 2.03. The molecule has 0 aromatic heterocycles. The molecule has 0 aliphatic heterocycles. The summed E-state index contributed by atoms with van der Waals surface area (Å²) in [5, 5.41) is 13.9. The van der Waals surface area contributed by atoms with Gasteiger partial charge in [0.2, 0.25) is 0 Å². The monoisotopic (exact) mass is 236 g/mol. The van der Waals surface area contributed by atoms with Crippen LogP contribution in [-0.2, 0) is 0 Å². The van der Waals surface area contributed by atoms with E-state index < -0.39 is 0 Å². The third-order valence-electron chi connectivity index (χ3n) is 3.26. The molecule has 0 amide bonds. The van der Waals surface area contributed by atoms with Gasteiger partial charge < -0.3 is 5.11 Å². The van der Waals surface area contributed by atoms with Gasteiger partial charge in [0.25, 0.3) is 0 Å². The highest BCUT2D eigenvalue weighted by molar-refractivity contribution is 6.03. The van der Waals surface area contributed by atoms with Crippen molar-refractivity contribution in [2.75, 3.05) is 0 Å². The summed E-state index contributed by atoms with van der Waals surface area (Å²) >= 11 is 0. The number of rotatable bonds is 1. The topological polar surface area (TPSA) is 37.3 Å². The molecule has 0 radical (unpaired) electrons. The number of phenols is 1. The Balaban J connectivity index is 2.45. The van der Waals surface area contributed by atoms with Gasteiger partial charge in [0, 0.05) is 5.39 Å². The summed E-state index contributed by atoms with van der Waals surface area (Å²) in [4.78, 5) is 10.8. The van der Waals surface area contributed by atoms with Crippen LogP contribution in [0.15, 0.2) is 42.5 Å². The first-order chi connectivity index (χ1) is 8.69. The van der Waals surface area contributed by atoms with Gasteiger partial charge in [-0.3, -0.25) is 4.79 Å². The lowest BCUT2D eigenvalue weighted by Crippen LogP contribution is -1.84. The highest BCUT2D eigenvalue weighted by Crippen LogP contribution is 2.31. The van der Waals surface area contributed by atoms with Crippen LogP contribution in [0, 0.1) is 6.92 Å². The first-order valence-electron chi connectivity index (χ1n) is 5.80. The Morgan fingerprint density at radius 3 is 2.50 bits per heavy atom. The summed E-state index contributed by atoms with van der Waals surface area (Å²) in [5.41, 5.74) is 1.50. The molecule has 3 aromatic carbocycles. The van der Waals surface area contributed by atoms with Crippen molar-refractivity contribution < 1.29 is 9.90 Å². The number of hydrogen-bond donors (Lipinski definition) is 1. The quantitative estimate of drug-likeness (QED) is 0.515. The van der Waals surface area contributed by atoms with Gasteiger partial charge in [0.15, 0.2) is 6.29 Å². The number of phenolic OH excluding ortho intramolecular Hbond substituents is 1. The molecule has 1 N–H and O–H groups in total. The van der Waals surface area contributed by atoms with E-state index in [9.17, 15) is 9.90 Å². The standard InChI is InChI=1S/C16H12O2/c1-10-2-3-11-7-12-4-5-13(9-17)16(18)15(12)8-14(11)6-10/h2-9,18H,1H3. The Morgan fingerprint density at radius 2 is 1.72 bits per heavy atom. The normalized spacial score (nSPS) is 10.9. The molecule has 0 bridgehead atoms. The first kappa shape index (κ1) is 10.8. The number of benzene rings is 3. The van der Waals surface area contributed by atoms with Crippen LogP contribution in [0.5, 0.6) is 5.75 Å². The summed E-state index contributed by atoms with van der Waals surface area (Å²) in [5.74, 6) is 0.0610. The van der Waals surface area contributed by atoms with Gasteiger partial charge in [-0.05, 0) is 41.3 Å². The molecule has 0 spiro atoms. The number of carbonyl (C=O) groups excluding carboxylic acids is 1. The summed E-state index contributed by atoms with van der Waals surface area (Å²) in [6, 6.07) is 13.7. The van der Waals surface area contributed by atoms with Crippen LogP contribution in [0.4, 0.5) is 0 Å². The number of fused-ring (bicyclic) bond motifs is 2. The van der Waals surface area contributed by atoms with Crippen molar-refractivity contribution in [2.45, 2.75) is 6.92 Å². The van der Waals surface area contributed by atoms with Crippen molar-refractivity contribution in [1.29, 1.82) is 0 Å². The second kappa shape index (κ2) is 3.84. The van der Waals surface area contributed by atoms with Gasteiger partial charge in [0.1, 0.15) is 5.75 Å². The molecule has 3 rings (SSSR count). The van der Waals surface area contributed by atoms with Gasteiger partial charge in [-0.25, -0.2) is 0 Å². The predicted octanol–water partition coefficient (Wildman–Crippen LogP) is 3.82. The van der Waals surface area contributed by atoms with Crippen LogP contribution in [0.1, 0.15) is 15.9 Å². The SMILES string of the molecule is Cc1ccc2cc3ccc(C=O)c(O)c3cc2c1. The average molecular weight is 236 g/mol. The van der Waals surface area contributed by atoms with Gasteiger partial charge in [-0.1, -0.05) is 29.8 Å². The lowest BCUT2D eigenvalue weighted by atomic mass is 10.00. The molecule has 2 nitrogen and oxygen atoms in total. The highest BCUT2D eigenvalue weighted by Gasteiger charge is 2.07. The van der Waals surface area contributed by atoms with Crippen molar-refractivity contribution in [3.63, 3.8) is 0 Å². The molecule has 3 aromatic rings. The molecule has 0 aliphatic rings. The van der Waals surface area contributed by atoms with Crippen LogP contribution < -0.4 is 0 Å². The van der Waals surface area contributed by atoms with E-state index in [4.69, 9.17) is 0 Å². The van der Waals surface area contributed by atoms with E-state index in [-0.39, 0.29) is 5.75 Å². The maximum Gasteiger partial charge on any atom is 0.153 e. The molecule has 0 saturated carbocycles. The van der Waals surface area contributed by atoms with E-state index in [0.717, 1.165) is 21.5 Å².